The van der Waals surface area contributed by atoms with Crippen molar-refractivity contribution < 1.29 is 48.9 Å². The van der Waals surface area contributed by atoms with Crippen molar-refractivity contribution in [2.24, 2.45) is 0 Å². The van der Waals surface area contributed by atoms with Crippen molar-refractivity contribution >= 4 is 58.2 Å². The van der Waals surface area contributed by atoms with Gasteiger partial charge in [0.2, 0.25) is 0 Å². The summed E-state index contributed by atoms with van der Waals surface area (Å²) in [7, 11) is -14.9. The largest absolute Gasteiger partial charge is 0.507 e. The van der Waals surface area contributed by atoms with Gasteiger partial charge >= 0.3 is 0 Å². The van der Waals surface area contributed by atoms with Crippen molar-refractivity contribution in [1.29, 1.82) is 0 Å². The molecule has 176 valence electrons. The zero-order valence-electron chi connectivity index (χ0n) is 15.8. The lowest BCUT2D eigenvalue weighted by atomic mass is 10.1. The summed E-state index contributed by atoms with van der Waals surface area (Å²) in [5.41, 5.74) is -1.65. The average Bonchev–Trinajstić information content (AvgIpc) is 2.65. The van der Waals surface area contributed by atoms with Gasteiger partial charge in [-0.15, -0.1) is 0 Å². The molecule has 17 heteroatoms. The smallest absolute Gasteiger partial charge is 0.295 e. The number of nitrogens with zero attached hydrogens (tertiary/aromatic N) is 1. The number of aromatic hydroxyl groups is 1. The first kappa shape index (κ1) is 24.3. The lowest BCUT2D eigenvalue weighted by Crippen LogP contribution is -2.06. The van der Waals surface area contributed by atoms with E-state index in [1.54, 1.807) is 0 Å². The molecule has 0 fully saturated rings. The third kappa shape index (κ3) is 4.87. The van der Waals surface area contributed by atoms with Crippen molar-refractivity contribution in [2.45, 2.75) is 14.7 Å². The number of phenols is 1. The Kier molecular flexibility index (Phi) is 5.82. The van der Waals surface area contributed by atoms with Crippen LogP contribution >= 0.6 is 0 Å². The van der Waals surface area contributed by atoms with E-state index in [1.807, 2.05) is 0 Å². The van der Waals surface area contributed by atoms with E-state index in [1.165, 1.54) is 0 Å². The molecule has 0 aliphatic rings. The van der Waals surface area contributed by atoms with Crippen LogP contribution in [0.3, 0.4) is 0 Å². The third-order valence-electron chi connectivity index (χ3n) is 4.31. The lowest BCUT2D eigenvalue weighted by Gasteiger charge is -2.14. The van der Waals surface area contributed by atoms with Crippen molar-refractivity contribution in [3.05, 3.63) is 52.6 Å². The Morgan fingerprint density at radius 3 is 1.91 bits per heavy atom. The van der Waals surface area contributed by atoms with Crippen LogP contribution in [0.25, 0.3) is 10.8 Å². The highest BCUT2D eigenvalue weighted by Gasteiger charge is 2.25. The molecule has 33 heavy (non-hydrogen) atoms. The average molecular weight is 520 g/mol. The van der Waals surface area contributed by atoms with Crippen molar-refractivity contribution in [1.82, 2.24) is 0 Å². The summed E-state index contributed by atoms with van der Waals surface area (Å²) < 4.78 is 97.9. The second kappa shape index (κ2) is 7.90. The number of nitro groups is 1. The van der Waals surface area contributed by atoms with Gasteiger partial charge in [0.1, 0.15) is 26.1 Å². The number of benzene rings is 3. The van der Waals surface area contributed by atoms with Gasteiger partial charge in [-0.25, -0.2) is 0 Å². The number of anilines is 2. The molecular formula is C16H12N2O12S3. The fourth-order valence-corrected chi connectivity index (χ4v) is 4.91. The second-order valence-electron chi connectivity index (χ2n) is 6.47. The molecule has 0 amide bonds. The van der Waals surface area contributed by atoms with Crippen molar-refractivity contribution in [2.75, 3.05) is 5.32 Å². The number of rotatable bonds is 6. The van der Waals surface area contributed by atoms with Crippen LogP contribution in [0, 0.1) is 10.1 Å². The predicted molar refractivity (Wildman–Crippen MR) is 111 cm³/mol. The standard InChI is InChI=1S/C16H12N2O12S3/c19-13-3-4-14(32(25,26)27)10-5-8(6-15(16(10)13)33(28,29)30)17-11-2-1-9(31(22,23)24)7-12(11)18(20)21/h1-7,17,19H,(H,22,23,24)(H,25,26,27)(H,28,29,30). The van der Waals surface area contributed by atoms with E-state index in [-0.39, 0.29) is 5.69 Å². The fourth-order valence-electron chi connectivity index (χ4n) is 2.99. The third-order valence-corrected chi connectivity index (χ3v) is 6.95. The molecule has 0 saturated heterocycles. The van der Waals surface area contributed by atoms with Crippen LogP contribution < -0.4 is 5.32 Å². The predicted octanol–water partition coefficient (Wildman–Crippen LogP) is 1.94. The van der Waals surface area contributed by atoms with Gasteiger partial charge < -0.3 is 10.4 Å². The molecule has 3 aromatic rings. The zero-order chi connectivity index (χ0) is 24.9. The molecule has 0 unspecified atom stereocenters. The minimum atomic E-state index is -5.10. The summed E-state index contributed by atoms with van der Waals surface area (Å²) in [4.78, 5) is 7.70. The SMILES string of the molecule is O=[N+]([O-])c1cc(S(=O)(=O)O)ccc1Nc1cc(S(=O)(=O)O)c2c(O)ccc(S(=O)(=O)O)c2c1. The van der Waals surface area contributed by atoms with E-state index >= 15 is 0 Å². The Bertz CT molecular complexity index is 1650. The van der Waals surface area contributed by atoms with Crippen LogP contribution in [0.4, 0.5) is 17.1 Å². The molecule has 0 radical (unpaired) electrons. The Morgan fingerprint density at radius 2 is 1.39 bits per heavy atom. The van der Waals surface area contributed by atoms with Gasteiger partial charge in [0.25, 0.3) is 36.0 Å². The molecule has 5 N–H and O–H groups in total. The lowest BCUT2D eigenvalue weighted by molar-refractivity contribution is -0.384. The number of fused-ring (bicyclic) bond motifs is 1. The molecule has 0 aliphatic heterocycles. The number of nitro benzene ring substituents is 1. The summed E-state index contributed by atoms with van der Waals surface area (Å²) in [6.07, 6.45) is 0. The number of phenolic OH excluding ortho intramolecular Hbond substituents is 1. The normalized spacial score (nSPS) is 12.6. The van der Waals surface area contributed by atoms with E-state index in [2.05, 4.69) is 5.32 Å². The molecular weight excluding hydrogens is 508 g/mol. The van der Waals surface area contributed by atoms with Crippen molar-refractivity contribution in [3.8, 4) is 5.75 Å². The topological polar surface area (TPSA) is 239 Å². The van der Waals surface area contributed by atoms with Gasteiger partial charge in [0.15, 0.2) is 0 Å². The summed E-state index contributed by atoms with van der Waals surface area (Å²) in [6.45, 7) is 0. The first-order valence-electron chi connectivity index (χ1n) is 8.28. The summed E-state index contributed by atoms with van der Waals surface area (Å²) in [5.74, 6) is -0.764. The van der Waals surface area contributed by atoms with Crippen LogP contribution in [-0.2, 0) is 30.4 Å². The Balaban J connectivity index is 2.35. The number of nitrogens with one attached hydrogen (secondary N) is 1. The van der Waals surface area contributed by atoms with Crippen LogP contribution in [0.5, 0.6) is 5.75 Å². The first-order valence-corrected chi connectivity index (χ1v) is 12.6. The zero-order valence-corrected chi connectivity index (χ0v) is 18.2. The van der Waals surface area contributed by atoms with E-state index in [0.717, 1.165) is 30.3 Å². The summed E-state index contributed by atoms with van der Waals surface area (Å²) in [6, 6.07) is 5.33. The maximum atomic E-state index is 11.9. The first-order chi connectivity index (χ1) is 15.0. The molecule has 0 atom stereocenters. The second-order valence-corrected chi connectivity index (χ2v) is 10.7. The summed E-state index contributed by atoms with van der Waals surface area (Å²) in [5, 5.41) is 22.6. The number of hydrogen-bond donors (Lipinski definition) is 5. The van der Waals surface area contributed by atoms with Gasteiger partial charge in [-0.3, -0.25) is 23.8 Å². The molecule has 3 aromatic carbocycles. The minimum absolute atomic E-state index is 0.367. The van der Waals surface area contributed by atoms with Gasteiger partial charge in [-0.1, -0.05) is 0 Å². The Hall–Kier alpha value is -3.35. The van der Waals surface area contributed by atoms with Gasteiger partial charge in [-0.05, 0) is 36.4 Å². The van der Waals surface area contributed by atoms with Crippen molar-refractivity contribution in [3.63, 3.8) is 0 Å². The Morgan fingerprint density at radius 1 is 0.788 bits per heavy atom. The molecule has 14 nitrogen and oxygen atoms in total. The van der Waals surface area contributed by atoms with Gasteiger partial charge in [0, 0.05) is 22.5 Å². The van der Waals surface area contributed by atoms with E-state index in [4.69, 9.17) is 4.55 Å². The Labute approximate surface area is 185 Å². The van der Waals surface area contributed by atoms with Gasteiger partial charge in [-0.2, -0.15) is 25.3 Å². The quantitative estimate of drug-likeness (QED) is 0.177. The highest BCUT2D eigenvalue weighted by Crippen LogP contribution is 2.39. The highest BCUT2D eigenvalue weighted by molar-refractivity contribution is 7.86. The molecule has 0 aliphatic carbocycles. The maximum Gasteiger partial charge on any atom is 0.295 e. The van der Waals surface area contributed by atoms with Crippen LogP contribution in [0.2, 0.25) is 0 Å². The minimum Gasteiger partial charge on any atom is -0.507 e. The molecule has 0 heterocycles. The fraction of sp³-hybridized carbons (Fsp3) is 0. The molecule has 0 spiro atoms. The van der Waals surface area contributed by atoms with Gasteiger partial charge in [0.05, 0.1) is 4.92 Å². The summed E-state index contributed by atoms with van der Waals surface area (Å²) >= 11 is 0. The highest BCUT2D eigenvalue weighted by atomic mass is 32.2. The van der Waals surface area contributed by atoms with Crippen LogP contribution in [0.1, 0.15) is 0 Å². The van der Waals surface area contributed by atoms with Crippen LogP contribution in [0.15, 0.2) is 57.2 Å². The maximum absolute atomic E-state index is 11.9. The monoisotopic (exact) mass is 520 g/mol. The molecule has 3 rings (SSSR count). The van der Waals surface area contributed by atoms with Crippen LogP contribution in [-0.4, -0.2) is 48.9 Å². The number of hydrogen-bond acceptors (Lipinski definition) is 10. The molecule has 0 saturated carbocycles. The van der Waals surface area contributed by atoms with E-state index < -0.39 is 77.9 Å². The van der Waals surface area contributed by atoms with E-state index in [0.29, 0.717) is 12.1 Å². The van der Waals surface area contributed by atoms with E-state index in [9.17, 15) is 49.6 Å². The molecule has 0 bridgehead atoms. The molecule has 0 aromatic heterocycles.